The van der Waals surface area contributed by atoms with E-state index < -0.39 is 29.1 Å². The second kappa shape index (κ2) is 9.74. The van der Waals surface area contributed by atoms with Crippen molar-refractivity contribution in [3.05, 3.63) is 11.3 Å². The monoisotopic (exact) mass is 444 g/mol. The fraction of sp³-hybridized carbons (Fsp3) is 0.632. The molecule has 0 radical (unpaired) electrons. The van der Waals surface area contributed by atoms with Crippen LogP contribution in [0.3, 0.4) is 0 Å². The molecule has 29 heavy (non-hydrogen) atoms. The highest BCUT2D eigenvalue weighted by molar-refractivity contribution is 8.00. The lowest BCUT2D eigenvalue weighted by Gasteiger charge is -2.49. The number of methoxy groups -OCH3 is 1. The van der Waals surface area contributed by atoms with Crippen molar-refractivity contribution in [3.8, 4) is 12.0 Å². The zero-order chi connectivity index (χ0) is 21.8. The topological polar surface area (TPSA) is 94.2 Å². The lowest BCUT2D eigenvalue weighted by atomic mass is 10.1. The molecule has 160 valence electrons. The van der Waals surface area contributed by atoms with E-state index in [0.29, 0.717) is 17.7 Å². The summed E-state index contributed by atoms with van der Waals surface area (Å²) in [6, 6.07) is 2.56. The summed E-state index contributed by atoms with van der Waals surface area (Å²) in [5, 5.41) is 2.20. The molecule has 0 aliphatic carbocycles. The molecule has 8 nitrogen and oxygen atoms in total. The number of ether oxygens (including phenoxy) is 3. The first kappa shape index (κ1) is 23.4. The number of fused-ring (bicyclic) bond motifs is 1. The summed E-state index contributed by atoms with van der Waals surface area (Å²) in [7, 11) is 1.45. The van der Waals surface area contributed by atoms with Crippen LogP contribution in [0.2, 0.25) is 0 Å². The Bertz CT molecular complexity index is 767. The number of β-lactam (4-membered cyclic amide) rings is 1. The predicted molar refractivity (Wildman–Crippen MR) is 109 cm³/mol. The summed E-state index contributed by atoms with van der Waals surface area (Å²) in [6.45, 7) is 6.87. The minimum atomic E-state index is -1.15. The van der Waals surface area contributed by atoms with E-state index in [9.17, 15) is 14.4 Å². The summed E-state index contributed by atoms with van der Waals surface area (Å²) in [4.78, 5) is 38.7. The molecule has 0 aromatic heterocycles. The standard InChI is InChI=1S/C19H25ClN2O6S/c1-6-7-8-21-14(20)18(25)27-9-11-10-29-16-13(26-5)15(23)22(16)12(11)17(24)28-19(2,3)4/h13-14,16,21H,6,9-10H2,1-5H3/t13-,14?,16+/m1/s1. The largest absolute Gasteiger partial charge is 0.459 e. The molecule has 3 atom stereocenters. The summed E-state index contributed by atoms with van der Waals surface area (Å²) < 4.78 is 15.9. The number of halogens is 1. The molecule has 2 heterocycles. The Morgan fingerprint density at radius 3 is 2.69 bits per heavy atom. The highest BCUT2D eigenvalue weighted by Crippen LogP contribution is 2.42. The number of carbonyl (C=O) groups excluding carboxylic acids is 3. The Morgan fingerprint density at radius 1 is 1.41 bits per heavy atom. The molecule has 1 amide bonds. The molecule has 2 aliphatic heterocycles. The molecule has 1 saturated heterocycles. The molecule has 0 aromatic rings. The van der Waals surface area contributed by atoms with Crippen LogP contribution in [0, 0.1) is 12.0 Å². The number of thioether (sulfide) groups is 1. The van der Waals surface area contributed by atoms with Crippen molar-refractivity contribution in [2.24, 2.45) is 0 Å². The van der Waals surface area contributed by atoms with Crippen LogP contribution in [-0.4, -0.2) is 64.8 Å². The molecule has 1 unspecified atom stereocenters. The Balaban J connectivity index is 2.18. The molecule has 10 heteroatoms. The fourth-order valence-corrected chi connectivity index (χ4v) is 4.12. The van der Waals surface area contributed by atoms with E-state index in [-0.39, 0.29) is 23.6 Å². The molecular weight excluding hydrogens is 420 g/mol. The van der Waals surface area contributed by atoms with Gasteiger partial charge in [0.1, 0.15) is 23.3 Å². The van der Waals surface area contributed by atoms with Crippen molar-refractivity contribution in [1.82, 2.24) is 10.2 Å². The van der Waals surface area contributed by atoms with Gasteiger partial charge in [0.05, 0.1) is 0 Å². The van der Waals surface area contributed by atoms with Gasteiger partial charge in [0.15, 0.2) is 6.10 Å². The summed E-state index contributed by atoms with van der Waals surface area (Å²) in [5.41, 5.74) is -1.32. The van der Waals surface area contributed by atoms with Crippen molar-refractivity contribution in [2.75, 3.05) is 19.5 Å². The number of nitrogens with zero attached hydrogens (tertiary/aromatic N) is 1. The van der Waals surface area contributed by atoms with Crippen LogP contribution >= 0.6 is 23.4 Å². The van der Waals surface area contributed by atoms with Gasteiger partial charge in [-0.2, -0.15) is 0 Å². The summed E-state index contributed by atoms with van der Waals surface area (Å²) in [6.07, 6.45) is -0.00205. The van der Waals surface area contributed by atoms with Gasteiger partial charge in [-0.1, -0.05) is 24.4 Å². The quantitative estimate of drug-likeness (QED) is 0.165. The third-order valence-corrected chi connectivity index (χ3v) is 5.51. The molecule has 2 aliphatic rings. The second-order valence-corrected chi connectivity index (χ2v) is 8.83. The molecule has 1 fully saturated rings. The van der Waals surface area contributed by atoms with Crippen LogP contribution in [0.4, 0.5) is 0 Å². The SMILES string of the molecule is CCC#CNC(Cl)C(=O)OCC1=C(C(=O)OC(C)(C)C)N2C(=O)[C@@H](OC)[C@@H]2SC1. The number of alkyl halides is 1. The van der Waals surface area contributed by atoms with E-state index in [0.717, 1.165) is 0 Å². The minimum Gasteiger partial charge on any atom is -0.459 e. The van der Waals surface area contributed by atoms with Crippen LogP contribution in [-0.2, 0) is 28.6 Å². The van der Waals surface area contributed by atoms with Gasteiger partial charge in [-0.05, 0) is 20.8 Å². The predicted octanol–water partition coefficient (Wildman–Crippen LogP) is 1.58. The Hall–Kier alpha value is -1.89. The molecular formula is C19H25ClN2O6S. The van der Waals surface area contributed by atoms with Crippen molar-refractivity contribution in [2.45, 2.75) is 56.7 Å². The molecule has 0 bridgehead atoms. The molecule has 0 saturated carbocycles. The first-order valence-electron chi connectivity index (χ1n) is 9.07. The smallest absolute Gasteiger partial charge is 0.355 e. The number of amides is 1. The van der Waals surface area contributed by atoms with Crippen molar-refractivity contribution < 1.29 is 28.6 Å². The molecule has 2 rings (SSSR count). The maximum atomic E-state index is 12.8. The fourth-order valence-electron chi connectivity index (χ4n) is 2.65. The lowest BCUT2D eigenvalue weighted by molar-refractivity contribution is -0.167. The maximum Gasteiger partial charge on any atom is 0.355 e. The van der Waals surface area contributed by atoms with Gasteiger partial charge in [0.2, 0.25) is 5.50 Å². The van der Waals surface area contributed by atoms with Gasteiger partial charge < -0.3 is 19.5 Å². The Labute approximate surface area is 179 Å². The van der Waals surface area contributed by atoms with Gasteiger partial charge >= 0.3 is 11.9 Å². The van der Waals surface area contributed by atoms with Gasteiger partial charge in [-0.25, -0.2) is 9.59 Å². The lowest BCUT2D eigenvalue weighted by Crippen LogP contribution is -2.65. The third-order valence-electron chi connectivity index (χ3n) is 3.90. The second-order valence-electron chi connectivity index (χ2n) is 7.29. The molecule has 0 aromatic carbocycles. The van der Waals surface area contributed by atoms with Crippen LogP contribution in [0.5, 0.6) is 0 Å². The number of carbonyl (C=O) groups is 3. The average molecular weight is 445 g/mol. The van der Waals surface area contributed by atoms with Gasteiger partial charge in [0.25, 0.3) is 5.91 Å². The highest BCUT2D eigenvalue weighted by Gasteiger charge is 2.54. The van der Waals surface area contributed by atoms with E-state index in [1.807, 2.05) is 6.92 Å². The number of hydrogen-bond acceptors (Lipinski definition) is 8. The number of rotatable bonds is 6. The Morgan fingerprint density at radius 2 is 2.10 bits per heavy atom. The van der Waals surface area contributed by atoms with Crippen LogP contribution in [0.15, 0.2) is 11.3 Å². The van der Waals surface area contributed by atoms with E-state index in [2.05, 4.69) is 17.3 Å². The zero-order valence-corrected chi connectivity index (χ0v) is 18.6. The normalized spacial score (nSPS) is 22.0. The third kappa shape index (κ3) is 5.59. The van der Waals surface area contributed by atoms with E-state index in [1.54, 1.807) is 20.8 Å². The van der Waals surface area contributed by atoms with Gasteiger partial charge in [0, 0.05) is 30.9 Å². The van der Waals surface area contributed by atoms with Crippen molar-refractivity contribution in [1.29, 1.82) is 0 Å². The van der Waals surface area contributed by atoms with Gasteiger partial charge in [-0.3, -0.25) is 9.69 Å². The molecule has 1 N–H and O–H groups in total. The van der Waals surface area contributed by atoms with Gasteiger partial charge in [-0.15, -0.1) is 11.8 Å². The maximum absolute atomic E-state index is 12.8. The molecule has 0 spiro atoms. The van der Waals surface area contributed by atoms with E-state index in [1.165, 1.54) is 23.8 Å². The number of hydrogen-bond donors (Lipinski definition) is 1. The average Bonchev–Trinajstić information content (AvgIpc) is 2.64. The first-order chi connectivity index (χ1) is 13.6. The minimum absolute atomic E-state index is 0.0969. The van der Waals surface area contributed by atoms with E-state index in [4.69, 9.17) is 25.8 Å². The van der Waals surface area contributed by atoms with Crippen LogP contribution in [0.1, 0.15) is 34.1 Å². The van der Waals surface area contributed by atoms with E-state index >= 15 is 0 Å². The van der Waals surface area contributed by atoms with Crippen LogP contribution < -0.4 is 5.32 Å². The zero-order valence-electron chi connectivity index (χ0n) is 17.0. The number of nitrogens with one attached hydrogen (secondary N) is 1. The summed E-state index contributed by atoms with van der Waals surface area (Å²) in [5.74, 6) is 1.40. The highest BCUT2D eigenvalue weighted by atomic mass is 35.5. The Kier molecular flexibility index (Phi) is 7.86. The number of esters is 2. The van der Waals surface area contributed by atoms with Crippen molar-refractivity contribution in [3.63, 3.8) is 0 Å². The van der Waals surface area contributed by atoms with Crippen molar-refractivity contribution >= 4 is 41.2 Å². The summed E-state index contributed by atoms with van der Waals surface area (Å²) >= 11 is 7.34. The first-order valence-corrected chi connectivity index (χ1v) is 10.6. The van der Waals surface area contributed by atoms with Crippen LogP contribution in [0.25, 0.3) is 0 Å².